The summed E-state index contributed by atoms with van der Waals surface area (Å²) in [7, 11) is 0. The Labute approximate surface area is 162 Å². The smallest absolute Gasteiger partial charge is 0.275 e. The highest BCUT2D eigenvalue weighted by Crippen LogP contribution is 2.19. The van der Waals surface area contributed by atoms with Crippen LogP contribution in [0.3, 0.4) is 0 Å². The van der Waals surface area contributed by atoms with Gasteiger partial charge >= 0.3 is 0 Å². The first kappa shape index (κ1) is 18.8. The number of hydrogen-bond acceptors (Lipinski definition) is 4. The standard InChI is InChI=1S/C19H24BrN5O/c1-2-17(15-4-6-16(20)7-5-15)23-18(26)14-24-10-12-25(13-11-24)19-21-8-3-9-22-19/h3-9,17H,2,10-14H2,1H3,(H,23,26)/p+1/t17-/m0/s1. The number of nitrogens with zero attached hydrogens (tertiary/aromatic N) is 3. The Morgan fingerprint density at radius 1 is 1.23 bits per heavy atom. The number of benzene rings is 1. The highest BCUT2D eigenvalue weighted by molar-refractivity contribution is 9.10. The topological polar surface area (TPSA) is 62.6 Å². The first-order valence-corrected chi connectivity index (χ1v) is 9.85. The highest BCUT2D eigenvalue weighted by atomic mass is 79.9. The molecule has 1 amide bonds. The molecule has 0 aliphatic carbocycles. The Morgan fingerprint density at radius 3 is 2.50 bits per heavy atom. The number of piperazine rings is 1. The van der Waals surface area contributed by atoms with Crippen molar-refractivity contribution < 1.29 is 9.69 Å². The SMILES string of the molecule is CC[C@H](NC(=O)C[NH+]1CCN(c2ncccn2)CC1)c1ccc(Br)cc1. The summed E-state index contributed by atoms with van der Waals surface area (Å²) in [5.74, 6) is 0.886. The second-order valence-electron chi connectivity index (χ2n) is 6.54. The molecule has 1 fully saturated rings. The van der Waals surface area contributed by atoms with Crippen molar-refractivity contribution in [1.29, 1.82) is 0 Å². The molecule has 26 heavy (non-hydrogen) atoms. The minimum atomic E-state index is 0.0639. The van der Waals surface area contributed by atoms with Gasteiger partial charge in [0.15, 0.2) is 6.54 Å². The van der Waals surface area contributed by atoms with E-state index in [0.29, 0.717) is 6.54 Å². The molecule has 2 N–H and O–H groups in total. The maximum absolute atomic E-state index is 12.5. The highest BCUT2D eigenvalue weighted by Gasteiger charge is 2.24. The lowest BCUT2D eigenvalue weighted by Gasteiger charge is -2.32. The van der Waals surface area contributed by atoms with Crippen molar-refractivity contribution in [3.05, 3.63) is 52.8 Å². The third-order valence-electron chi connectivity index (χ3n) is 4.73. The van der Waals surface area contributed by atoms with Gasteiger partial charge in [0.25, 0.3) is 5.91 Å². The number of hydrogen-bond donors (Lipinski definition) is 2. The summed E-state index contributed by atoms with van der Waals surface area (Å²) >= 11 is 3.45. The fourth-order valence-electron chi connectivity index (χ4n) is 3.24. The van der Waals surface area contributed by atoms with Crippen molar-refractivity contribution in [2.24, 2.45) is 0 Å². The second kappa shape index (κ2) is 9.09. The molecular formula is C19H25BrN5O+. The van der Waals surface area contributed by atoms with Gasteiger partial charge in [-0.1, -0.05) is 35.0 Å². The molecule has 7 heteroatoms. The molecule has 1 aliphatic heterocycles. The van der Waals surface area contributed by atoms with Gasteiger partial charge in [0, 0.05) is 16.9 Å². The lowest BCUT2D eigenvalue weighted by atomic mass is 10.0. The Hall–Kier alpha value is -1.99. The first-order chi connectivity index (χ1) is 12.7. The normalized spacial score (nSPS) is 16.3. The predicted octanol–water partition coefficient (Wildman–Crippen LogP) is 1.21. The number of anilines is 1. The van der Waals surface area contributed by atoms with E-state index in [1.54, 1.807) is 12.4 Å². The van der Waals surface area contributed by atoms with E-state index in [-0.39, 0.29) is 11.9 Å². The summed E-state index contributed by atoms with van der Waals surface area (Å²) in [6.45, 7) is 6.18. The Morgan fingerprint density at radius 2 is 1.88 bits per heavy atom. The number of aromatic nitrogens is 2. The van der Waals surface area contributed by atoms with Gasteiger partial charge in [-0.05, 0) is 30.2 Å². The van der Waals surface area contributed by atoms with Crippen LogP contribution in [-0.2, 0) is 4.79 Å². The van der Waals surface area contributed by atoms with Crippen molar-refractivity contribution in [2.75, 3.05) is 37.6 Å². The largest absolute Gasteiger partial charge is 0.344 e. The lowest BCUT2D eigenvalue weighted by molar-refractivity contribution is -0.892. The van der Waals surface area contributed by atoms with Crippen LogP contribution in [0.4, 0.5) is 5.95 Å². The van der Waals surface area contributed by atoms with Crippen molar-refractivity contribution in [2.45, 2.75) is 19.4 Å². The van der Waals surface area contributed by atoms with E-state index in [4.69, 9.17) is 0 Å². The van der Waals surface area contributed by atoms with Crippen LogP contribution in [0, 0.1) is 0 Å². The molecule has 1 aromatic heterocycles. The van der Waals surface area contributed by atoms with Gasteiger partial charge < -0.3 is 15.1 Å². The van der Waals surface area contributed by atoms with Crippen molar-refractivity contribution >= 4 is 27.8 Å². The Bertz CT molecular complexity index is 702. The molecule has 0 saturated carbocycles. The molecule has 1 atom stereocenters. The van der Waals surface area contributed by atoms with Crippen LogP contribution >= 0.6 is 15.9 Å². The number of amides is 1. The maximum atomic E-state index is 12.5. The molecule has 0 radical (unpaired) electrons. The van der Waals surface area contributed by atoms with Gasteiger partial charge in [-0.15, -0.1) is 0 Å². The van der Waals surface area contributed by atoms with Crippen LogP contribution in [0.1, 0.15) is 24.9 Å². The third-order valence-corrected chi connectivity index (χ3v) is 5.26. The number of carbonyl (C=O) groups excluding carboxylic acids is 1. The van der Waals surface area contributed by atoms with E-state index in [1.807, 2.05) is 18.2 Å². The minimum Gasteiger partial charge on any atom is -0.344 e. The van der Waals surface area contributed by atoms with E-state index >= 15 is 0 Å². The Balaban J connectivity index is 1.48. The number of carbonyl (C=O) groups is 1. The summed E-state index contributed by atoms with van der Waals surface area (Å²) in [6.07, 6.45) is 4.41. The summed E-state index contributed by atoms with van der Waals surface area (Å²) in [5.41, 5.74) is 1.14. The van der Waals surface area contributed by atoms with Gasteiger partial charge in [0.1, 0.15) is 0 Å². The molecule has 0 bridgehead atoms. The van der Waals surface area contributed by atoms with Gasteiger partial charge in [0.2, 0.25) is 5.95 Å². The molecule has 0 unspecified atom stereocenters. The maximum Gasteiger partial charge on any atom is 0.275 e. The van der Waals surface area contributed by atoms with Crippen molar-refractivity contribution in [3.63, 3.8) is 0 Å². The number of nitrogens with one attached hydrogen (secondary N) is 2. The third kappa shape index (κ3) is 5.02. The molecule has 2 heterocycles. The zero-order chi connectivity index (χ0) is 18.4. The summed E-state index contributed by atoms with van der Waals surface area (Å²) in [4.78, 5) is 24.6. The van der Waals surface area contributed by atoms with Gasteiger partial charge in [0.05, 0.1) is 32.2 Å². The molecule has 3 rings (SSSR count). The van der Waals surface area contributed by atoms with Gasteiger partial charge in [-0.25, -0.2) is 9.97 Å². The second-order valence-corrected chi connectivity index (χ2v) is 7.46. The van der Waals surface area contributed by atoms with Crippen LogP contribution < -0.4 is 15.1 Å². The zero-order valence-electron chi connectivity index (χ0n) is 15.0. The molecule has 1 aromatic carbocycles. The average Bonchev–Trinajstić information content (AvgIpc) is 2.68. The molecule has 2 aromatic rings. The molecule has 6 nitrogen and oxygen atoms in total. The minimum absolute atomic E-state index is 0.0639. The number of quaternary nitrogens is 1. The molecule has 138 valence electrons. The van der Waals surface area contributed by atoms with Crippen molar-refractivity contribution in [3.8, 4) is 0 Å². The summed E-state index contributed by atoms with van der Waals surface area (Å²) in [6, 6.07) is 10.0. The first-order valence-electron chi connectivity index (χ1n) is 9.06. The zero-order valence-corrected chi connectivity index (χ0v) is 16.6. The summed E-state index contributed by atoms with van der Waals surface area (Å²) < 4.78 is 1.05. The quantitative estimate of drug-likeness (QED) is 0.739. The summed E-state index contributed by atoms with van der Waals surface area (Å²) in [5, 5.41) is 3.18. The van der Waals surface area contributed by atoms with E-state index in [2.05, 4.69) is 55.2 Å². The van der Waals surface area contributed by atoms with E-state index in [0.717, 1.165) is 48.6 Å². The van der Waals surface area contributed by atoms with Crippen LogP contribution in [-0.4, -0.2) is 48.6 Å². The van der Waals surface area contributed by atoms with Gasteiger partial charge in [-0.3, -0.25) is 4.79 Å². The molecular weight excluding hydrogens is 394 g/mol. The number of halogens is 1. The van der Waals surface area contributed by atoms with Crippen LogP contribution in [0.5, 0.6) is 0 Å². The van der Waals surface area contributed by atoms with E-state index in [1.165, 1.54) is 4.90 Å². The van der Waals surface area contributed by atoms with E-state index in [9.17, 15) is 4.79 Å². The molecule has 1 saturated heterocycles. The fraction of sp³-hybridized carbons (Fsp3) is 0.421. The lowest BCUT2D eigenvalue weighted by Crippen LogP contribution is -3.16. The molecule has 0 spiro atoms. The van der Waals surface area contributed by atoms with Crippen LogP contribution in [0.15, 0.2) is 47.2 Å². The van der Waals surface area contributed by atoms with E-state index < -0.39 is 0 Å². The van der Waals surface area contributed by atoms with Crippen LogP contribution in [0.2, 0.25) is 0 Å². The predicted molar refractivity (Wildman–Crippen MR) is 105 cm³/mol. The Kier molecular flexibility index (Phi) is 6.57. The fourth-order valence-corrected chi connectivity index (χ4v) is 3.51. The van der Waals surface area contributed by atoms with Crippen molar-refractivity contribution in [1.82, 2.24) is 15.3 Å². The average molecular weight is 419 g/mol. The monoisotopic (exact) mass is 418 g/mol. The van der Waals surface area contributed by atoms with Crippen LogP contribution in [0.25, 0.3) is 0 Å². The van der Waals surface area contributed by atoms with Gasteiger partial charge in [-0.2, -0.15) is 0 Å². The number of rotatable bonds is 6. The molecule has 1 aliphatic rings.